The van der Waals surface area contributed by atoms with Gasteiger partial charge in [0.25, 0.3) is 0 Å². The van der Waals surface area contributed by atoms with Gasteiger partial charge in [-0.25, -0.2) is 0 Å². The normalized spacial score (nSPS) is 16.1. The average molecular weight is 249 g/mol. The first kappa shape index (κ1) is 14.7. The van der Waals surface area contributed by atoms with Gasteiger partial charge in [-0.15, -0.1) is 0 Å². The van der Waals surface area contributed by atoms with Gasteiger partial charge in [-0.3, -0.25) is 4.79 Å². The number of carbonyl (C=O) groups is 1. The lowest BCUT2D eigenvalue weighted by Gasteiger charge is -2.23. The Morgan fingerprint density at radius 1 is 1.39 bits per heavy atom. The lowest BCUT2D eigenvalue weighted by atomic mass is 9.87. The van der Waals surface area contributed by atoms with Crippen LogP contribution >= 0.6 is 0 Å². The summed E-state index contributed by atoms with van der Waals surface area (Å²) in [5.74, 6) is -0.687. The Morgan fingerprint density at radius 3 is 2.50 bits per heavy atom. The average Bonchev–Trinajstić information content (AvgIpc) is 2.22. The van der Waals surface area contributed by atoms with Gasteiger partial charge in [-0.1, -0.05) is 25.1 Å². The highest BCUT2D eigenvalue weighted by atomic mass is 16.4. The number of benzene rings is 1. The third-order valence-corrected chi connectivity index (χ3v) is 3.42. The summed E-state index contributed by atoms with van der Waals surface area (Å²) in [4.78, 5) is 11.0. The molecule has 0 aliphatic heterocycles. The van der Waals surface area contributed by atoms with E-state index in [9.17, 15) is 4.79 Å². The largest absolute Gasteiger partial charge is 0.480 e. The number of nitrogens with two attached hydrogens (primary N) is 1. The van der Waals surface area contributed by atoms with E-state index in [1.165, 1.54) is 16.7 Å². The standard InChI is InChI=1S/C15H23NO2/c1-10(9-15(4,16)14(17)18)7-13-6-5-11(2)12(3)8-13/h5-6,8,10H,7,9,16H2,1-4H3,(H,17,18). The molecule has 0 saturated heterocycles. The summed E-state index contributed by atoms with van der Waals surface area (Å²) in [6.45, 7) is 7.80. The van der Waals surface area contributed by atoms with Crippen molar-refractivity contribution in [3.05, 3.63) is 34.9 Å². The van der Waals surface area contributed by atoms with Crippen molar-refractivity contribution in [2.75, 3.05) is 0 Å². The van der Waals surface area contributed by atoms with Crippen molar-refractivity contribution in [1.82, 2.24) is 0 Å². The summed E-state index contributed by atoms with van der Waals surface area (Å²) in [5.41, 5.74) is 8.42. The van der Waals surface area contributed by atoms with Crippen LogP contribution in [0.3, 0.4) is 0 Å². The number of hydrogen-bond donors (Lipinski definition) is 2. The van der Waals surface area contributed by atoms with E-state index < -0.39 is 11.5 Å². The molecule has 0 bridgehead atoms. The molecule has 1 aromatic carbocycles. The SMILES string of the molecule is Cc1ccc(CC(C)CC(C)(N)C(=O)O)cc1C. The van der Waals surface area contributed by atoms with Crippen molar-refractivity contribution >= 4 is 5.97 Å². The summed E-state index contributed by atoms with van der Waals surface area (Å²) in [7, 11) is 0. The molecule has 2 atom stereocenters. The number of hydrogen-bond acceptors (Lipinski definition) is 2. The second kappa shape index (κ2) is 5.53. The Balaban J connectivity index is 2.67. The number of carboxylic acid groups (broad SMARTS) is 1. The van der Waals surface area contributed by atoms with Gasteiger partial charge < -0.3 is 10.8 Å². The number of aryl methyl sites for hydroxylation is 2. The first-order valence-electron chi connectivity index (χ1n) is 6.31. The monoisotopic (exact) mass is 249 g/mol. The summed E-state index contributed by atoms with van der Waals surface area (Å²) >= 11 is 0. The minimum Gasteiger partial charge on any atom is -0.480 e. The van der Waals surface area contributed by atoms with Gasteiger partial charge in [0.05, 0.1) is 0 Å². The first-order valence-corrected chi connectivity index (χ1v) is 6.31. The summed E-state index contributed by atoms with van der Waals surface area (Å²) in [6, 6.07) is 6.38. The highest BCUT2D eigenvalue weighted by molar-refractivity contribution is 5.77. The Kier molecular flexibility index (Phi) is 4.52. The van der Waals surface area contributed by atoms with Gasteiger partial charge >= 0.3 is 5.97 Å². The fraction of sp³-hybridized carbons (Fsp3) is 0.533. The lowest BCUT2D eigenvalue weighted by Crippen LogP contribution is -2.46. The predicted octanol–water partition coefficient (Wildman–Crippen LogP) is 2.67. The Bertz CT molecular complexity index is 438. The van der Waals surface area contributed by atoms with E-state index in [1.54, 1.807) is 6.92 Å². The molecule has 0 heterocycles. The molecule has 0 radical (unpaired) electrons. The molecule has 0 fully saturated rings. The number of aliphatic carboxylic acids is 1. The van der Waals surface area contributed by atoms with Gasteiger partial charge in [-0.05, 0) is 56.2 Å². The minimum atomic E-state index is -1.14. The molecular weight excluding hydrogens is 226 g/mol. The van der Waals surface area contributed by atoms with Crippen LogP contribution in [0.4, 0.5) is 0 Å². The van der Waals surface area contributed by atoms with E-state index in [1.807, 2.05) is 6.92 Å². The molecule has 2 unspecified atom stereocenters. The highest BCUT2D eigenvalue weighted by Crippen LogP contribution is 2.20. The zero-order chi connectivity index (χ0) is 13.9. The maximum Gasteiger partial charge on any atom is 0.323 e. The van der Waals surface area contributed by atoms with E-state index >= 15 is 0 Å². The van der Waals surface area contributed by atoms with Gasteiger partial charge in [0.2, 0.25) is 0 Å². The van der Waals surface area contributed by atoms with Crippen LogP contribution in [0.25, 0.3) is 0 Å². The van der Waals surface area contributed by atoms with Crippen molar-refractivity contribution in [3.63, 3.8) is 0 Å². The van der Waals surface area contributed by atoms with Crippen LogP contribution in [0.15, 0.2) is 18.2 Å². The third kappa shape index (κ3) is 3.84. The van der Waals surface area contributed by atoms with Crippen molar-refractivity contribution in [2.45, 2.75) is 46.1 Å². The molecule has 100 valence electrons. The lowest BCUT2D eigenvalue weighted by molar-refractivity contribution is -0.143. The van der Waals surface area contributed by atoms with Crippen LogP contribution in [0.2, 0.25) is 0 Å². The van der Waals surface area contributed by atoms with Crippen molar-refractivity contribution in [2.24, 2.45) is 11.7 Å². The maximum absolute atomic E-state index is 11.0. The maximum atomic E-state index is 11.0. The quantitative estimate of drug-likeness (QED) is 0.843. The van der Waals surface area contributed by atoms with Crippen LogP contribution in [0.5, 0.6) is 0 Å². The van der Waals surface area contributed by atoms with Crippen LogP contribution in [0.1, 0.15) is 37.0 Å². The second-order valence-corrected chi connectivity index (χ2v) is 5.65. The van der Waals surface area contributed by atoms with E-state index in [0.717, 1.165) is 6.42 Å². The van der Waals surface area contributed by atoms with Gasteiger partial charge in [0.15, 0.2) is 0 Å². The van der Waals surface area contributed by atoms with Gasteiger partial charge in [0, 0.05) is 0 Å². The third-order valence-electron chi connectivity index (χ3n) is 3.42. The zero-order valence-electron chi connectivity index (χ0n) is 11.7. The summed E-state index contributed by atoms with van der Waals surface area (Å²) in [5, 5.41) is 9.01. The molecule has 1 aromatic rings. The van der Waals surface area contributed by atoms with Crippen molar-refractivity contribution in [1.29, 1.82) is 0 Å². The van der Waals surface area contributed by atoms with Crippen LogP contribution in [-0.4, -0.2) is 16.6 Å². The predicted molar refractivity (Wildman–Crippen MR) is 73.6 cm³/mol. The van der Waals surface area contributed by atoms with Crippen LogP contribution < -0.4 is 5.73 Å². The molecule has 0 spiro atoms. The highest BCUT2D eigenvalue weighted by Gasteiger charge is 2.29. The van der Waals surface area contributed by atoms with Crippen molar-refractivity contribution in [3.8, 4) is 0 Å². The molecule has 0 amide bonds. The fourth-order valence-corrected chi connectivity index (χ4v) is 2.22. The molecule has 0 aromatic heterocycles. The molecule has 0 saturated carbocycles. The topological polar surface area (TPSA) is 63.3 Å². The molecule has 3 heteroatoms. The molecule has 18 heavy (non-hydrogen) atoms. The number of carboxylic acids is 1. The molecule has 1 rings (SSSR count). The fourth-order valence-electron chi connectivity index (χ4n) is 2.22. The number of rotatable bonds is 5. The van der Waals surface area contributed by atoms with E-state index in [0.29, 0.717) is 6.42 Å². The Labute approximate surface area is 109 Å². The van der Waals surface area contributed by atoms with Crippen LogP contribution in [0, 0.1) is 19.8 Å². The second-order valence-electron chi connectivity index (χ2n) is 5.65. The smallest absolute Gasteiger partial charge is 0.323 e. The van der Waals surface area contributed by atoms with Crippen molar-refractivity contribution < 1.29 is 9.90 Å². The molecule has 3 nitrogen and oxygen atoms in total. The Morgan fingerprint density at radius 2 is 2.00 bits per heavy atom. The molecule has 3 N–H and O–H groups in total. The van der Waals surface area contributed by atoms with E-state index in [-0.39, 0.29) is 5.92 Å². The molecule has 0 aliphatic carbocycles. The molecular formula is C15H23NO2. The molecule has 0 aliphatic rings. The summed E-state index contributed by atoms with van der Waals surface area (Å²) in [6.07, 6.45) is 1.34. The van der Waals surface area contributed by atoms with E-state index in [4.69, 9.17) is 10.8 Å². The minimum absolute atomic E-state index is 0.248. The Hall–Kier alpha value is -1.35. The van der Waals surface area contributed by atoms with Gasteiger partial charge in [0.1, 0.15) is 5.54 Å². The first-order chi connectivity index (χ1) is 8.22. The van der Waals surface area contributed by atoms with Crippen LogP contribution in [-0.2, 0) is 11.2 Å². The summed E-state index contributed by atoms with van der Waals surface area (Å²) < 4.78 is 0. The van der Waals surface area contributed by atoms with E-state index in [2.05, 4.69) is 32.0 Å². The van der Waals surface area contributed by atoms with Gasteiger partial charge in [-0.2, -0.15) is 0 Å². The zero-order valence-corrected chi connectivity index (χ0v) is 11.7.